The van der Waals surface area contributed by atoms with Gasteiger partial charge in [-0.25, -0.2) is 8.42 Å². The number of nitrogens with zero attached hydrogens (tertiary/aromatic N) is 2. The zero-order valence-corrected chi connectivity index (χ0v) is 14.6. The monoisotopic (exact) mass is 420 g/mol. The standard InChI is InChI=1S/C12H6Cl3F3N2O3S/c1-20-10(12(16,17)18)4-8(21)11(19-20)5-2-9(24(15,22)23)7(14)3-6(5)13/h2-4H,1H3. The van der Waals surface area contributed by atoms with E-state index in [0.717, 1.165) is 19.2 Å². The molecule has 0 bridgehead atoms. The van der Waals surface area contributed by atoms with Crippen LogP contribution in [0.2, 0.25) is 10.0 Å². The number of rotatable bonds is 2. The molecular formula is C12H6Cl3F3N2O3S. The normalized spacial score (nSPS) is 12.5. The molecule has 0 saturated carbocycles. The summed E-state index contributed by atoms with van der Waals surface area (Å²) in [5, 5.41) is 3.07. The lowest BCUT2D eigenvalue weighted by molar-refractivity contribution is -0.144. The SMILES string of the molecule is Cn1nc(-c2cc(S(=O)(=O)Cl)c(Cl)cc2Cl)c(=O)cc1C(F)(F)F. The van der Waals surface area contributed by atoms with Crippen LogP contribution in [0, 0.1) is 0 Å². The summed E-state index contributed by atoms with van der Waals surface area (Å²) < 4.78 is 61.7. The van der Waals surface area contributed by atoms with Gasteiger partial charge < -0.3 is 0 Å². The van der Waals surface area contributed by atoms with Crippen molar-refractivity contribution in [1.29, 1.82) is 0 Å². The quantitative estimate of drug-likeness (QED) is 0.694. The highest BCUT2D eigenvalue weighted by molar-refractivity contribution is 8.13. The Morgan fingerprint density at radius 3 is 2.21 bits per heavy atom. The number of hydrogen-bond acceptors (Lipinski definition) is 4. The first kappa shape index (κ1) is 19.0. The zero-order valence-electron chi connectivity index (χ0n) is 11.5. The lowest BCUT2D eigenvalue weighted by Crippen LogP contribution is -2.22. The molecule has 0 saturated heterocycles. The minimum Gasteiger partial charge on any atom is -0.287 e. The molecule has 0 aliphatic rings. The summed E-state index contributed by atoms with van der Waals surface area (Å²) in [7, 11) is 1.93. The average Bonchev–Trinajstić information content (AvgIpc) is 2.38. The van der Waals surface area contributed by atoms with Crippen LogP contribution in [0.3, 0.4) is 0 Å². The molecule has 24 heavy (non-hydrogen) atoms. The van der Waals surface area contributed by atoms with Crippen LogP contribution in [0.4, 0.5) is 13.2 Å². The average molecular weight is 422 g/mol. The summed E-state index contributed by atoms with van der Waals surface area (Å²) in [5.41, 5.74) is -3.06. The Hall–Kier alpha value is -1.29. The second kappa shape index (κ2) is 6.21. The summed E-state index contributed by atoms with van der Waals surface area (Å²) >= 11 is 11.6. The molecule has 5 nitrogen and oxygen atoms in total. The smallest absolute Gasteiger partial charge is 0.287 e. The van der Waals surface area contributed by atoms with Crippen LogP contribution in [-0.2, 0) is 22.3 Å². The summed E-state index contributed by atoms with van der Waals surface area (Å²) in [5.74, 6) is 0. The Kier molecular flexibility index (Phi) is 4.93. The van der Waals surface area contributed by atoms with Gasteiger partial charge in [-0.2, -0.15) is 18.3 Å². The maximum Gasteiger partial charge on any atom is 0.433 e. The second-order valence-electron chi connectivity index (χ2n) is 4.56. The van der Waals surface area contributed by atoms with Crippen LogP contribution >= 0.6 is 33.9 Å². The fraction of sp³-hybridized carbons (Fsp3) is 0.167. The molecule has 0 N–H and O–H groups in total. The molecule has 2 rings (SSSR count). The highest BCUT2D eigenvalue weighted by Gasteiger charge is 2.34. The number of halogens is 6. The first-order valence-electron chi connectivity index (χ1n) is 5.92. The van der Waals surface area contributed by atoms with E-state index >= 15 is 0 Å². The Morgan fingerprint density at radius 1 is 1.12 bits per heavy atom. The zero-order chi connectivity index (χ0) is 18.4. The summed E-state index contributed by atoms with van der Waals surface area (Å²) in [4.78, 5) is 11.4. The Morgan fingerprint density at radius 2 is 1.71 bits per heavy atom. The number of hydrogen-bond donors (Lipinski definition) is 0. The molecule has 1 aromatic carbocycles. The minimum atomic E-state index is -4.78. The molecule has 0 aliphatic heterocycles. The molecule has 1 aromatic heterocycles. The van der Waals surface area contributed by atoms with Crippen molar-refractivity contribution in [2.24, 2.45) is 7.05 Å². The van der Waals surface area contributed by atoms with Crippen molar-refractivity contribution in [3.05, 3.63) is 44.2 Å². The van der Waals surface area contributed by atoms with Crippen LogP contribution in [-0.4, -0.2) is 18.2 Å². The molecule has 0 amide bonds. The molecule has 1 heterocycles. The van der Waals surface area contributed by atoms with Crippen molar-refractivity contribution in [2.75, 3.05) is 0 Å². The third kappa shape index (κ3) is 3.69. The first-order chi connectivity index (χ1) is 10.8. The molecule has 0 fully saturated rings. The predicted octanol–water partition coefficient (Wildman–Crippen LogP) is 3.70. The maximum absolute atomic E-state index is 12.8. The van der Waals surface area contributed by atoms with Crippen molar-refractivity contribution in [3.8, 4) is 11.3 Å². The Bertz CT molecular complexity index is 988. The molecule has 0 spiro atoms. The Balaban J connectivity index is 2.79. The van der Waals surface area contributed by atoms with Crippen LogP contribution in [0.25, 0.3) is 11.3 Å². The fourth-order valence-corrected chi connectivity index (χ4v) is 3.72. The molecular weight excluding hydrogens is 416 g/mol. The minimum absolute atomic E-state index is 0.173. The predicted molar refractivity (Wildman–Crippen MR) is 83.0 cm³/mol. The second-order valence-corrected chi connectivity index (χ2v) is 7.91. The lowest BCUT2D eigenvalue weighted by atomic mass is 10.1. The topological polar surface area (TPSA) is 69.0 Å². The highest BCUT2D eigenvalue weighted by Crippen LogP contribution is 2.35. The van der Waals surface area contributed by atoms with Gasteiger partial charge in [-0.1, -0.05) is 23.2 Å². The van der Waals surface area contributed by atoms with Gasteiger partial charge in [-0.15, -0.1) is 0 Å². The van der Waals surface area contributed by atoms with Gasteiger partial charge in [0.1, 0.15) is 16.3 Å². The van der Waals surface area contributed by atoms with Crippen LogP contribution in [0.1, 0.15) is 5.69 Å². The van der Waals surface area contributed by atoms with Crippen molar-refractivity contribution in [1.82, 2.24) is 9.78 Å². The summed E-state index contributed by atoms with van der Waals surface area (Å²) in [6.07, 6.45) is -4.78. The van der Waals surface area contributed by atoms with Crippen molar-refractivity contribution >= 4 is 42.9 Å². The van der Waals surface area contributed by atoms with E-state index in [9.17, 15) is 26.4 Å². The van der Waals surface area contributed by atoms with Crippen molar-refractivity contribution in [3.63, 3.8) is 0 Å². The van der Waals surface area contributed by atoms with E-state index in [-0.39, 0.29) is 15.6 Å². The first-order valence-corrected chi connectivity index (χ1v) is 8.98. The number of alkyl halides is 3. The Labute approximate surface area is 148 Å². The van der Waals surface area contributed by atoms with E-state index in [0.29, 0.717) is 10.7 Å². The van der Waals surface area contributed by atoms with Gasteiger partial charge in [0.2, 0.25) is 5.43 Å². The van der Waals surface area contributed by atoms with Crippen molar-refractivity contribution in [2.45, 2.75) is 11.1 Å². The largest absolute Gasteiger partial charge is 0.433 e. The van der Waals surface area contributed by atoms with Crippen LogP contribution in [0.5, 0.6) is 0 Å². The third-order valence-corrected chi connectivity index (χ3v) is 5.03. The molecule has 0 atom stereocenters. The van der Waals surface area contributed by atoms with Gasteiger partial charge in [-0.3, -0.25) is 9.48 Å². The van der Waals surface area contributed by atoms with E-state index in [2.05, 4.69) is 5.10 Å². The molecule has 2 aromatic rings. The maximum atomic E-state index is 12.8. The fourth-order valence-electron chi connectivity index (χ4n) is 1.89. The van der Waals surface area contributed by atoms with E-state index in [4.69, 9.17) is 33.9 Å². The molecule has 0 radical (unpaired) electrons. The number of benzene rings is 1. The van der Waals surface area contributed by atoms with E-state index in [1.807, 2.05) is 0 Å². The van der Waals surface area contributed by atoms with Gasteiger partial charge in [0.25, 0.3) is 9.05 Å². The molecule has 0 aliphatic carbocycles. The van der Waals surface area contributed by atoms with E-state index in [1.54, 1.807) is 0 Å². The third-order valence-electron chi connectivity index (χ3n) is 2.93. The van der Waals surface area contributed by atoms with Crippen LogP contribution in [0.15, 0.2) is 27.9 Å². The summed E-state index contributed by atoms with van der Waals surface area (Å²) in [6.45, 7) is 0. The summed E-state index contributed by atoms with van der Waals surface area (Å²) in [6, 6.07) is 2.22. The molecule has 130 valence electrons. The van der Waals surface area contributed by atoms with Gasteiger partial charge in [0.15, 0.2) is 0 Å². The van der Waals surface area contributed by atoms with Gasteiger partial charge in [-0.05, 0) is 12.1 Å². The number of aryl methyl sites for hydroxylation is 1. The van der Waals surface area contributed by atoms with Gasteiger partial charge in [0.05, 0.1) is 10.0 Å². The van der Waals surface area contributed by atoms with Crippen molar-refractivity contribution < 1.29 is 21.6 Å². The highest BCUT2D eigenvalue weighted by atomic mass is 35.7. The molecule has 0 unspecified atom stereocenters. The van der Waals surface area contributed by atoms with E-state index < -0.39 is 36.9 Å². The molecule has 12 heteroatoms. The van der Waals surface area contributed by atoms with E-state index in [1.165, 1.54) is 0 Å². The number of aromatic nitrogens is 2. The lowest BCUT2D eigenvalue weighted by Gasteiger charge is -2.13. The van der Waals surface area contributed by atoms with Gasteiger partial charge >= 0.3 is 6.18 Å². The van der Waals surface area contributed by atoms with Gasteiger partial charge in [0, 0.05) is 29.4 Å². The van der Waals surface area contributed by atoms with Crippen LogP contribution < -0.4 is 5.43 Å².